The van der Waals surface area contributed by atoms with Gasteiger partial charge in [-0.05, 0) is 42.8 Å². The van der Waals surface area contributed by atoms with Gasteiger partial charge in [-0.25, -0.2) is 0 Å². The largest absolute Gasteiger partial charge is 0.495 e. The first-order valence-electron chi connectivity index (χ1n) is 7.38. The van der Waals surface area contributed by atoms with Crippen LogP contribution in [-0.2, 0) is 0 Å². The van der Waals surface area contributed by atoms with Gasteiger partial charge in [0.05, 0.1) is 18.3 Å². The van der Waals surface area contributed by atoms with E-state index in [9.17, 15) is 0 Å². The molecule has 0 atom stereocenters. The normalized spacial score (nSPS) is 10.4. The second-order valence-corrected chi connectivity index (χ2v) is 6.07. The molecule has 3 aromatic rings. The average molecular weight is 376 g/mol. The molecule has 0 bridgehead atoms. The number of anilines is 4. The van der Waals surface area contributed by atoms with Gasteiger partial charge in [-0.15, -0.1) is 5.10 Å². The molecule has 0 amide bonds. The van der Waals surface area contributed by atoms with Gasteiger partial charge >= 0.3 is 0 Å². The molecule has 2 N–H and O–H groups in total. The predicted octanol–water partition coefficient (Wildman–Crippen LogP) is 4.98. The van der Waals surface area contributed by atoms with Crippen LogP contribution in [-0.4, -0.2) is 22.3 Å². The van der Waals surface area contributed by atoms with Crippen LogP contribution in [0.25, 0.3) is 0 Å². The summed E-state index contributed by atoms with van der Waals surface area (Å²) in [4.78, 5) is 4.39. The number of benzene rings is 2. The van der Waals surface area contributed by atoms with Crippen LogP contribution < -0.4 is 15.4 Å². The van der Waals surface area contributed by atoms with Gasteiger partial charge in [0.15, 0.2) is 5.82 Å². The van der Waals surface area contributed by atoms with Gasteiger partial charge < -0.3 is 15.4 Å². The van der Waals surface area contributed by atoms with Crippen LogP contribution in [0.3, 0.4) is 0 Å². The van der Waals surface area contributed by atoms with Crippen molar-refractivity contribution in [2.45, 2.75) is 6.92 Å². The number of hydrogen-bond acceptors (Lipinski definition) is 6. The molecule has 0 aliphatic carbocycles. The van der Waals surface area contributed by atoms with E-state index in [2.05, 4.69) is 25.8 Å². The molecule has 25 heavy (non-hydrogen) atoms. The highest BCUT2D eigenvalue weighted by molar-refractivity contribution is 6.32. The van der Waals surface area contributed by atoms with E-state index in [1.165, 1.54) is 6.20 Å². The fourth-order valence-electron chi connectivity index (χ4n) is 2.16. The SMILES string of the molecule is COc1ccc(Nc2nncc(Nc3cc(Cl)ccc3C)n2)cc1Cl. The van der Waals surface area contributed by atoms with Crippen molar-refractivity contribution in [3.05, 3.63) is 58.2 Å². The molecule has 0 radical (unpaired) electrons. The third-order valence-electron chi connectivity index (χ3n) is 3.43. The highest BCUT2D eigenvalue weighted by atomic mass is 35.5. The van der Waals surface area contributed by atoms with E-state index in [0.29, 0.717) is 27.6 Å². The van der Waals surface area contributed by atoms with Crippen LogP contribution in [0.2, 0.25) is 10.0 Å². The van der Waals surface area contributed by atoms with E-state index in [0.717, 1.165) is 16.9 Å². The summed E-state index contributed by atoms with van der Waals surface area (Å²) in [5, 5.41) is 15.3. The van der Waals surface area contributed by atoms with Crippen LogP contribution in [0.15, 0.2) is 42.6 Å². The average Bonchev–Trinajstić information content (AvgIpc) is 2.59. The van der Waals surface area contributed by atoms with Crippen molar-refractivity contribution in [2.75, 3.05) is 17.7 Å². The molecule has 3 rings (SSSR count). The van der Waals surface area contributed by atoms with E-state index in [1.807, 2.05) is 31.2 Å². The van der Waals surface area contributed by atoms with Crippen LogP contribution in [0, 0.1) is 6.92 Å². The van der Waals surface area contributed by atoms with Crippen LogP contribution in [0.4, 0.5) is 23.1 Å². The number of aromatic nitrogens is 3. The molecular weight excluding hydrogens is 361 g/mol. The lowest BCUT2D eigenvalue weighted by Crippen LogP contribution is -2.03. The second kappa shape index (κ2) is 7.55. The minimum Gasteiger partial charge on any atom is -0.495 e. The minimum absolute atomic E-state index is 0.339. The Kier molecular flexibility index (Phi) is 5.21. The van der Waals surface area contributed by atoms with Gasteiger partial charge in [0.1, 0.15) is 5.75 Å². The van der Waals surface area contributed by atoms with Crippen molar-refractivity contribution in [3.8, 4) is 5.75 Å². The summed E-state index contributed by atoms with van der Waals surface area (Å²) in [6.07, 6.45) is 1.53. The molecule has 1 heterocycles. The Morgan fingerprint density at radius 2 is 1.88 bits per heavy atom. The van der Waals surface area contributed by atoms with Crippen molar-refractivity contribution >= 4 is 46.3 Å². The number of halogens is 2. The van der Waals surface area contributed by atoms with Gasteiger partial charge in [-0.3, -0.25) is 0 Å². The number of rotatable bonds is 5. The van der Waals surface area contributed by atoms with Gasteiger partial charge in [-0.2, -0.15) is 10.1 Å². The summed E-state index contributed by atoms with van der Waals surface area (Å²) in [5.41, 5.74) is 2.62. The zero-order chi connectivity index (χ0) is 17.8. The summed E-state index contributed by atoms with van der Waals surface area (Å²) in [7, 11) is 1.56. The fourth-order valence-corrected chi connectivity index (χ4v) is 2.59. The molecule has 0 unspecified atom stereocenters. The third kappa shape index (κ3) is 4.29. The Bertz CT molecular complexity index is 904. The fraction of sp³-hybridized carbons (Fsp3) is 0.118. The highest BCUT2D eigenvalue weighted by Crippen LogP contribution is 2.28. The molecule has 0 aliphatic heterocycles. The topological polar surface area (TPSA) is 72.0 Å². The monoisotopic (exact) mass is 375 g/mol. The lowest BCUT2D eigenvalue weighted by molar-refractivity contribution is 0.415. The number of aryl methyl sites for hydroxylation is 1. The molecule has 2 aromatic carbocycles. The summed E-state index contributed by atoms with van der Waals surface area (Å²) < 4.78 is 5.13. The first-order chi connectivity index (χ1) is 12.0. The molecule has 0 spiro atoms. The first kappa shape index (κ1) is 17.3. The molecule has 128 valence electrons. The first-order valence-corrected chi connectivity index (χ1v) is 8.14. The summed E-state index contributed by atoms with van der Waals surface area (Å²) in [6.45, 7) is 1.98. The number of methoxy groups -OCH3 is 1. The Hall–Kier alpha value is -2.57. The van der Waals surface area contributed by atoms with E-state index in [-0.39, 0.29) is 0 Å². The Labute approximate surface area is 155 Å². The van der Waals surface area contributed by atoms with Crippen molar-refractivity contribution in [3.63, 3.8) is 0 Å². The van der Waals surface area contributed by atoms with Gasteiger partial charge in [0.2, 0.25) is 5.95 Å². The van der Waals surface area contributed by atoms with Crippen molar-refractivity contribution in [1.29, 1.82) is 0 Å². The quantitative estimate of drug-likeness (QED) is 0.654. The molecule has 1 aromatic heterocycles. The maximum atomic E-state index is 6.12. The van der Waals surface area contributed by atoms with Crippen molar-refractivity contribution < 1.29 is 4.74 Å². The molecule has 0 fully saturated rings. The maximum absolute atomic E-state index is 6.12. The molecule has 8 heteroatoms. The molecule has 0 saturated heterocycles. The van der Waals surface area contributed by atoms with Crippen molar-refractivity contribution in [2.24, 2.45) is 0 Å². The van der Waals surface area contributed by atoms with E-state index in [1.54, 1.807) is 19.2 Å². The lowest BCUT2D eigenvalue weighted by atomic mass is 10.2. The zero-order valence-electron chi connectivity index (χ0n) is 13.5. The minimum atomic E-state index is 0.339. The van der Waals surface area contributed by atoms with E-state index >= 15 is 0 Å². The van der Waals surface area contributed by atoms with Gasteiger partial charge in [-0.1, -0.05) is 29.3 Å². The smallest absolute Gasteiger partial charge is 0.249 e. The number of hydrogen-bond donors (Lipinski definition) is 2. The van der Waals surface area contributed by atoms with Crippen LogP contribution >= 0.6 is 23.2 Å². The van der Waals surface area contributed by atoms with Crippen molar-refractivity contribution in [1.82, 2.24) is 15.2 Å². The second-order valence-electron chi connectivity index (χ2n) is 5.22. The Morgan fingerprint density at radius 3 is 2.64 bits per heavy atom. The number of ether oxygens (including phenoxy) is 1. The maximum Gasteiger partial charge on any atom is 0.249 e. The highest BCUT2D eigenvalue weighted by Gasteiger charge is 2.06. The van der Waals surface area contributed by atoms with E-state index in [4.69, 9.17) is 27.9 Å². The Morgan fingerprint density at radius 1 is 1.04 bits per heavy atom. The molecule has 6 nitrogen and oxygen atoms in total. The van der Waals surface area contributed by atoms with Gasteiger partial charge in [0, 0.05) is 16.4 Å². The molecular formula is C17H15Cl2N5O. The Balaban J connectivity index is 1.79. The van der Waals surface area contributed by atoms with Crippen LogP contribution in [0.1, 0.15) is 5.56 Å². The van der Waals surface area contributed by atoms with E-state index < -0.39 is 0 Å². The summed E-state index contributed by atoms with van der Waals surface area (Å²) in [5.74, 6) is 1.48. The number of nitrogens with one attached hydrogen (secondary N) is 2. The van der Waals surface area contributed by atoms with Gasteiger partial charge in [0.25, 0.3) is 0 Å². The standard InChI is InChI=1S/C17H15Cl2N5O/c1-10-3-4-11(18)7-14(10)22-16-9-20-24-17(23-16)21-12-5-6-15(25-2)13(19)8-12/h3-9H,1-2H3,(H2,21,22,23,24). The number of nitrogens with zero attached hydrogens (tertiary/aromatic N) is 3. The third-order valence-corrected chi connectivity index (χ3v) is 3.96. The molecule has 0 saturated carbocycles. The zero-order valence-corrected chi connectivity index (χ0v) is 15.1. The van der Waals surface area contributed by atoms with Crippen LogP contribution in [0.5, 0.6) is 5.75 Å². The lowest BCUT2D eigenvalue weighted by Gasteiger charge is -2.11. The molecule has 0 aliphatic rings. The summed E-state index contributed by atoms with van der Waals surface area (Å²) in [6, 6.07) is 10.9. The summed E-state index contributed by atoms with van der Waals surface area (Å²) >= 11 is 12.2. The predicted molar refractivity (Wildman–Crippen MR) is 101 cm³/mol.